The van der Waals surface area contributed by atoms with E-state index in [1.807, 2.05) is 18.2 Å². The number of nitrogens with zero attached hydrogens (tertiary/aromatic N) is 2. The number of hydrogen-bond donors (Lipinski definition) is 1. The second-order valence-corrected chi connectivity index (χ2v) is 6.00. The summed E-state index contributed by atoms with van der Waals surface area (Å²) in [6, 6.07) is 5.70. The first-order chi connectivity index (χ1) is 7.87. The number of rotatable bonds is 2. The van der Waals surface area contributed by atoms with Crippen molar-refractivity contribution in [3.63, 3.8) is 0 Å². The van der Waals surface area contributed by atoms with E-state index in [9.17, 15) is 0 Å². The summed E-state index contributed by atoms with van der Waals surface area (Å²) < 4.78 is 2.05. The minimum atomic E-state index is 0.287. The van der Waals surface area contributed by atoms with Crippen molar-refractivity contribution in [1.82, 2.24) is 9.55 Å². The molecule has 92 valence electrons. The Morgan fingerprint density at radius 3 is 2.71 bits per heavy atom. The maximum Gasteiger partial charge on any atom is 0.201 e. The normalized spacial score (nSPS) is 12.2. The summed E-state index contributed by atoms with van der Waals surface area (Å²) in [4.78, 5) is 4.33. The summed E-state index contributed by atoms with van der Waals surface area (Å²) in [5, 5.41) is 0.693. The Hall–Kier alpha value is -1.22. The van der Waals surface area contributed by atoms with Crippen molar-refractivity contribution in [1.29, 1.82) is 0 Å². The van der Waals surface area contributed by atoms with Crippen molar-refractivity contribution in [2.24, 2.45) is 5.41 Å². The highest BCUT2D eigenvalue weighted by Crippen LogP contribution is 2.25. The van der Waals surface area contributed by atoms with E-state index in [1.165, 1.54) is 0 Å². The van der Waals surface area contributed by atoms with Gasteiger partial charge in [-0.25, -0.2) is 4.98 Å². The van der Waals surface area contributed by atoms with E-state index in [4.69, 9.17) is 17.3 Å². The number of imidazole rings is 1. The van der Waals surface area contributed by atoms with Crippen LogP contribution in [-0.4, -0.2) is 9.55 Å². The molecular formula is C13H18ClN3. The molecule has 17 heavy (non-hydrogen) atoms. The molecule has 0 fully saturated rings. The molecule has 0 atom stereocenters. The lowest BCUT2D eigenvalue weighted by Crippen LogP contribution is -2.12. The molecule has 4 heteroatoms. The average molecular weight is 252 g/mol. The second-order valence-electron chi connectivity index (χ2n) is 5.57. The number of anilines is 1. The van der Waals surface area contributed by atoms with E-state index in [-0.39, 0.29) is 5.41 Å². The predicted molar refractivity (Wildman–Crippen MR) is 73.2 cm³/mol. The van der Waals surface area contributed by atoms with Crippen LogP contribution in [0.15, 0.2) is 18.2 Å². The molecule has 0 aliphatic heterocycles. The number of aryl methyl sites for hydroxylation is 1. The molecule has 0 saturated heterocycles. The van der Waals surface area contributed by atoms with Crippen LogP contribution in [-0.2, 0) is 6.54 Å². The lowest BCUT2D eigenvalue weighted by atomic mass is 9.92. The Kier molecular flexibility index (Phi) is 3.04. The fraction of sp³-hybridized carbons (Fsp3) is 0.462. The molecule has 0 bridgehead atoms. The van der Waals surface area contributed by atoms with E-state index in [1.54, 1.807) is 0 Å². The highest BCUT2D eigenvalue weighted by molar-refractivity contribution is 6.31. The molecule has 3 nitrogen and oxygen atoms in total. The lowest BCUT2D eigenvalue weighted by Gasteiger charge is -2.18. The Balaban J connectivity index is 2.36. The quantitative estimate of drug-likeness (QED) is 0.884. The van der Waals surface area contributed by atoms with E-state index in [2.05, 4.69) is 30.3 Å². The van der Waals surface area contributed by atoms with Crippen LogP contribution in [0.1, 0.15) is 27.2 Å². The van der Waals surface area contributed by atoms with Crippen molar-refractivity contribution >= 4 is 28.6 Å². The summed E-state index contributed by atoms with van der Waals surface area (Å²) in [6.07, 6.45) is 1.06. The average Bonchev–Trinajstić information content (AvgIpc) is 2.48. The van der Waals surface area contributed by atoms with Crippen molar-refractivity contribution in [2.75, 3.05) is 5.73 Å². The van der Waals surface area contributed by atoms with Gasteiger partial charge in [-0.15, -0.1) is 0 Å². The van der Waals surface area contributed by atoms with Crippen LogP contribution in [0.2, 0.25) is 5.02 Å². The van der Waals surface area contributed by atoms with Gasteiger partial charge in [0, 0.05) is 11.6 Å². The first-order valence-corrected chi connectivity index (χ1v) is 6.16. The molecule has 0 saturated carbocycles. The van der Waals surface area contributed by atoms with Gasteiger partial charge in [-0.3, -0.25) is 0 Å². The van der Waals surface area contributed by atoms with E-state index >= 15 is 0 Å². The van der Waals surface area contributed by atoms with Gasteiger partial charge in [0.2, 0.25) is 5.95 Å². The molecule has 1 aromatic carbocycles. The Morgan fingerprint density at radius 1 is 1.35 bits per heavy atom. The monoisotopic (exact) mass is 251 g/mol. The van der Waals surface area contributed by atoms with E-state index in [0.29, 0.717) is 11.0 Å². The maximum atomic E-state index is 5.94. The SMILES string of the molecule is CC(C)(C)CCn1c(N)nc2cc(Cl)ccc21. The fourth-order valence-corrected chi connectivity index (χ4v) is 1.97. The fourth-order valence-electron chi connectivity index (χ4n) is 1.80. The van der Waals surface area contributed by atoms with Crippen molar-refractivity contribution in [3.8, 4) is 0 Å². The van der Waals surface area contributed by atoms with Gasteiger partial charge < -0.3 is 10.3 Å². The molecule has 2 aromatic rings. The van der Waals surface area contributed by atoms with Gasteiger partial charge in [0.25, 0.3) is 0 Å². The largest absolute Gasteiger partial charge is 0.369 e. The second kappa shape index (κ2) is 4.22. The van der Waals surface area contributed by atoms with Crippen LogP contribution in [0.5, 0.6) is 0 Å². The third-order valence-corrected chi connectivity index (χ3v) is 3.06. The molecule has 1 aromatic heterocycles. The molecule has 2 N–H and O–H groups in total. The summed E-state index contributed by atoms with van der Waals surface area (Å²) >= 11 is 5.94. The number of halogens is 1. The molecule has 0 radical (unpaired) electrons. The van der Waals surface area contributed by atoms with Gasteiger partial charge in [-0.2, -0.15) is 0 Å². The Morgan fingerprint density at radius 2 is 2.06 bits per heavy atom. The van der Waals surface area contributed by atoms with Gasteiger partial charge in [0.15, 0.2) is 0 Å². The van der Waals surface area contributed by atoms with Crippen molar-refractivity contribution < 1.29 is 0 Å². The lowest BCUT2D eigenvalue weighted by molar-refractivity contribution is 0.354. The van der Waals surface area contributed by atoms with Crippen LogP contribution in [0, 0.1) is 5.41 Å². The van der Waals surface area contributed by atoms with Crippen molar-refractivity contribution in [2.45, 2.75) is 33.7 Å². The number of benzene rings is 1. The summed E-state index contributed by atoms with van der Waals surface area (Å²) in [6.45, 7) is 7.55. The summed E-state index contributed by atoms with van der Waals surface area (Å²) in [5.74, 6) is 0.562. The molecular weight excluding hydrogens is 234 g/mol. The minimum Gasteiger partial charge on any atom is -0.369 e. The zero-order valence-corrected chi connectivity index (χ0v) is 11.3. The smallest absolute Gasteiger partial charge is 0.201 e. The standard InChI is InChI=1S/C13H18ClN3/c1-13(2,3)6-7-17-11-5-4-9(14)8-10(11)16-12(17)15/h4-5,8H,6-7H2,1-3H3,(H2,15,16). The van der Waals surface area contributed by atoms with Crippen LogP contribution in [0.3, 0.4) is 0 Å². The third kappa shape index (κ3) is 2.72. The number of nitrogens with two attached hydrogens (primary N) is 1. The van der Waals surface area contributed by atoms with Gasteiger partial charge >= 0.3 is 0 Å². The number of aromatic nitrogens is 2. The van der Waals surface area contributed by atoms with Gasteiger partial charge in [-0.05, 0) is 30.0 Å². The predicted octanol–water partition coefficient (Wildman–Crippen LogP) is 3.71. The van der Waals surface area contributed by atoms with E-state index < -0.39 is 0 Å². The highest BCUT2D eigenvalue weighted by atomic mass is 35.5. The van der Waals surface area contributed by atoms with Crippen LogP contribution < -0.4 is 5.73 Å². The summed E-state index contributed by atoms with van der Waals surface area (Å²) in [7, 11) is 0. The van der Waals surface area contributed by atoms with Crippen LogP contribution in [0.25, 0.3) is 11.0 Å². The molecule has 1 heterocycles. The Labute approximate surface area is 107 Å². The van der Waals surface area contributed by atoms with Gasteiger partial charge in [-0.1, -0.05) is 32.4 Å². The van der Waals surface area contributed by atoms with Gasteiger partial charge in [0.1, 0.15) is 0 Å². The van der Waals surface area contributed by atoms with Crippen molar-refractivity contribution in [3.05, 3.63) is 23.2 Å². The first-order valence-electron chi connectivity index (χ1n) is 5.78. The molecule has 0 amide bonds. The number of fused-ring (bicyclic) bond motifs is 1. The van der Waals surface area contributed by atoms with Crippen LogP contribution in [0.4, 0.5) is 5.95 Å². The molecule has 0 spiro atoms. The molecule has 0 aliphatic rings. The zero-order chi connectivity index (χ0) is 12.6. The summed E-state index contributed by atoms with van der Waals surface area (Å²) in [5.41, 5.74) is 8.15. The Bertz CT molecular complexity index is 537. The first kappa shape index (κ1) is 12.2. The van der Waals surface area contributed by atoms with Gasteiger partial charge in [0.05, 0.1) is 11.0 Å². The zero-order valence-electron chi connectivity index (χ0n) is 10.5. The third-order valence-electron chi connectivity index (χ3n) is 2.83. The van der Waals surface area contributed by atoms with E-state index in [0.717, 1.165) is 24.0 Å². The highest BCUT2D eigenvalue weighted by Gasteiger charge is 2.13. The molecule has 2 rings (SSSR count). The molecule has 0 aliphatic carbocycles. The minimum absolute atomic E-state index is 0.287. The number of hydrogen-bond acceptors (Lipinski definition) is 2. The van der Waals surface area contributed by atoms with Crippen LogP contribution >= 0.6 is 11.6 Å². The number of nitrogen functional groups attached to an aromatic ring is 1. The maximum absolute atomic E-state index is 5.94. The molecule has 0 unspecified atom stereocenters. The topological polar surface area (TPSA) is 43.8 Å².